The molecule has 5 heteroatoms. The molecule has 1 aliphatic heterocycles. The number of halogens is 1. The normalized spacial score (nSPS) is 24.5. The highest BCUT2D eigenvalue weighted by Gasteiger charge is 2.47. The van der Waals surface area contributed by atoms with Crippen LogP contribution in [0.5, 0.6) is 0 Å². The van der Waals surface area contributed by atoms with Gasteiger partial charge in [-0.05, 0) is 50.3 Å². The number of benzene rings is 1. The Kier molecular flexibility index (Phi) is 6.80. The van der Waals surface area contributed by atoms with E-state index in [0.29, 0.717) is 24.4 Å². The van der Waals surface area contributed by atoms with E-state index in [-0.39, 0.29) is 17.9 Å². The van der Waals surface area contributed by atoms with Crippen molar-refractivity contribution >= 4 is 23.4 Å². The second-order valence-electron chi connectivity index (χ2n) is 8.21. The van der Waals surface area contributed by atoms with Crippen molar-refractivity contribution < 1.29 is 9.59 Å². The summed E-state index contributed by atoms with van der Waals surface area (Å²) in [4.78, 5) is 27.4. The Morgan fingerprint density at radius 1 is 1.15 bits per heavy atom. The lowest BCUT2D eigenvalue weighted by molar-refractivity contribution is -0.141. The van der Waals surface area contributed by atoms with Gasteiger partial charge in [0.2, 0.25) is 11.8 Å². The Bertz CT molecular complexity index is 653. The first-order valence-corrected chi connectivity index (χ1v) is 10.7. The molecule has 1 N–H and O–H groups in total. The fraction of sp³-hybridized carbons (Fsp3) is 0.636. The maximum Gasteiger partial charge on any atom is 0.245 e. The van der Waals surface area contributed by atoms with Crippen LogP contribution < -0.4 is 5.32 Å². The standard InChI is InChI=1S/C22H31ClN2O2/c1-22(21(27)24-19-7-5-3-2-4-6-8-19)15-13-20(26)25(22)16-14-17-9-11-18(23)12-10-17/h9-12,19H,2-8,13-16H2,1H3,(H,24,27). The lowest BCUT2D eigenvalue weighted by Crippen LogP contribution is -2.56. The van der Waals surface area contributed by atoms with Crippen LogP contribution in [-0.2, 0) is 16.0 Å². The van der Waals surface area contributed by atoms with Gasteiger partial charge in [-0.3, -0.25) is 9.59 Å². The number of nitrogens with zero attached hydrogens (tertiary/aromatic N) is 1. The van der Waals surface area contributed by atoms with Gasteiger partial charge >= 0.3 is 0 Å². The molecule has 4 nitrogen and oxygen atoms in total. The summed E-state index contributed by atoms with van der Waals surface area (Å²) in [6.07, 6.45) is 10.1. The third kappa shape index (κ3) is 5.04. The minimum Gasteiger partial charge on any atom is -0.351 e. The molecule has 27 heavy (non-hydrogen) atoms. The molecule has 0 spiro atoms. The number of hydrogen-bond donors (Lipinski definition) is 1. The molecule has 148 valence electrons. The highest BCUT2D eigenvalue weighted by Crippen LogP contribution is 2.31. The van der Waals surface area contributed by atoms with Gasteiger partial charge in [0.1, 0.15) is 5.54 Å². The predicted molar refractivity (Wildman–Crippen MR) is 109 cm³/mol. The van der Waals surface area contributed by atoms with Crippen molar-refractivity contribution in [2.45, 2.75) is 82.7 Å². The summed E-state index contributed by atoms with van der Waals surface area (Å²) in [7, 11) is 0. The Morgan fingerprint density at radius 2 is 1.78 bits per heavy atom. The van der Waals surface area contributed by atoms with Gasteiger partial charge in [-0.2, -0.15) is 0 Å². The zero-order chi connectivity index (χ0) is 19.3. The second-order valence-corrected chi connectivity index (χ2v) is 8.65. The fourth-order valence-corrected chi connectivity index (χ4v) is 4.46. The maximum absolute atomic E-state index is 13.1. The number of amides is 2. The molecule has 2 aliphatic rings. The van der Waals surface area contributed by atoms with Gasteiger partial charge in [-0.1, -0.05) is 55.8 Å². The maximum atomic E-state index is 13.1. The van der Waals surface area contributed by atoms with Gasteiger partial charge in [-0.15, -0.1) is 0 Å². The van der Waals surface area contributed by atoms with E-state index in [9.17, 15) is 9.59 Å². The minimum atomic E-state index is -0.730. The molecule has 1 heterocycles. The van der Waals surface area contributed by atoms with E-state index in [4.69, 9.17) is 11.6 Å². The van der Waals surface area contributed by atoms with Crippen molar-refractivity contribution in [1.82, 2.24) is 10.2 Å². The Balaban J connectivity index is 1.63. The molecular weight excluding hydrogens is 360 g/mol. The predicted octanol–water partition coefficient (Wildman–Crippen LogP) is 4.49. The molecule has 3 rings (SSSR count). The lowest BCUT2D eigenvalue weighted by atomic mass is 9.93. The summed E-state index contributed by atoms with van der Waals surface area (Å²) in [5.74, 6) is 0.106. The third-order valence-electron chi connectivity index (χ3n) is 6.19. The minimum absolute atomic E-state index is 0.0232. The molecule has 1 atom stereocenters. The van der Waals surface area contributed by atoms with Crippen LogP contribution in [0.1, 0.15) is 70.3 Å². The van der Waals surface area contributed by atoms with E-state index in [1.165, 1.54) is 32.1 Å². The van der Waals surface area contributed by atoms with Crippen LogP contribution >= 0.6 is 11.6 Å². The van der Waals surface area contributed by atoms with Gasteiger partial charge in [0.15, 0.2) is 0 Å². The Labute approximate surface area is 167 Å². The first-order valence-electron chi connectivity index (χ1n) is 10.3. The number of hydrogen-bond acceptors (Lipinski definition) is 2. The summed E-state index contributed by atoms with van der Waals surface area (Å²) < 4.78 is 0. The topological polar surface area (TPSA) is 49.4 Å². The molecule has 1 aromatic rings. The fourth-order valence-electron chi connectivity index (χ4n) is 4.34. The zero-order valence-corrected chi connectivity index (χ0v) is 17.1. The van der Waals surface area contributed by atoms with E-state index in [1.54, 1.807) is 4.90 Å². The van der Waals surface area contributed by atoms with Crippen LogP contribution in [0.2, 0.25) is 5.02 Å². The molecule has 1 saturated carbocycles. The van der Waals surface area contributed by atoms with Crippen molar-refractivity contribution in [3.63, 3.8) is 0 Å². The summed E-state index contributed by atoms with van der Waals surface area (Å²) in [5.41, 5.74) is 0.396. The second kappa shape index (κ2) is 9.09. The summed E-state index contributed by atoms with van der Waals surface area (Å²) in [6, 6.07) is 7.94. The molecule has 0 radical (unpaired) electrons. The average molecular weight is 391 g/mol. The van der Waals surface area contributed by atoms with Crippen LogP contribution in [0.4, 0.5) is 0 Å². The van der Waals surface area contributed by atoms with Crippen LogP contribution in [0, 0.1) is 0 Å². The number of nitrogens with one attached hydrogen (secondary N) is 1. The monoisotopic (exact) mass is 390 g/mol. The molecule has 2 amide bonds. The van der Waals surface area contributed by atoms with Crippen LogP contribution in [0.25, 0.3) is 0 Å². The third-order valence-corrected chi connectivity index (χ3v) is 6.44. The number of carbonyl (C=O) groups excluding carboxylic acids is 2. The largest absolute Gasteiger partial charge is 0.351 e. The molecule has 0 bridgehead atoms. The van der Waals surface area contributed by atoms with Crippen molar-refractivity contribution in [1.29, 1.82) is 0 Å². The summed E-state index contributed by atoms with van der Waals surface area (Å²) >= 11 is 5.95. The van der Waals surface area contributed by atoms with Crippen LogP contribution in [-0.4, -0.2) is 34.8 Å². The van der Waals surface area contributed by atoms with Crippen molar-refractivity contribution in [2.24, 2.45) is 0 Å². The van der Waals surface area contributed by atoms with Crippen LogP contribution in [0.3, 0.4) is 0 Å². The quantitative estimate of drug-likeness (QED) is 0.805. The van der Waals surface area contributed by atoms with Gasteiger partial charge in [0.25, 0.3) is 0 Å². The molecule has 1 unspecified atom stereocenters. The zero-order valence-electron chi connectivity index (χ0n) is 16.3. The smallest absolute Gasteiger partial charge is 0.245 e. The lowest BCUT2D eigenvalue weighted by Gasteiger charge is -2.35. The van der Waals surface area contributed by atoms with Gasteiger partial charge < -0.3 is 10.2 Å². The van der Waals surface area contributed by atoms with E-state index in [0.717, 1.165) is 24.8 Å². The first kappa shape index (κ1) is 20.2. The van der Waals surface area contributed by atoms with E-state index >= 15 is 0 Å². The van der Waals surface area contributed by atoms with Gasteiger partial charge in [0.05, 0.1) is 0 Å². The summed E-state index contributed by atoms with van der Waals surface area (Å²) in [5, 5.41) is 3.98. The molecule has 0 aromatic heterocycles. The molecule has 1 aliphatic carbocycles. The molecular formula is C22H31ClN2O2. The molecule has 1 aromatic carbocycles. The van der Waals surface area contributed by atoms with Crippen molar-refractivity contribution in [3.05, 3.63) is 34.9 Å². The highest BCUT2D eigenvalue weighted by atomic mass is 35.5. The highest BCUT2D eigenvalue weighted by molar-refractivity contribution is 6.30. The molecule has 1 saturated heterocycles. The van der Waals surface area contributed by atoms with Gasteiger partial charge in [0, 0.05) is 24.0 Å². The van der Waals surface area contributed by atoms with E-state index < -0.39 is 5.54 Å². The molecule has 2 fully saturated rings. The van der Waals surface area contributed by atoms with Crippen molar-refractivity contribution in [3.8, 4) is 0 Å². The number of rotatable bonds is 5. The van der Waals surface area contributed by atoms with E-state index in [2.05, 4.69) is 5.32 Å². The Morgan fingerprint density at radius 3 is 2.44 bits per heavy atom. The average Bonchev–Trinajstić information content (AvgIpc) is 2.92. The van der Waals surface area contributed by atoms with E-state index in [1.807, 2.05) is 31.2 Å². The summed E-state index contributed by atoms with van der Waals surface area (Å²) in [6.45, 7) is 2.49. The number of likely N-dealkylation sites (tertiary alicyclic amines) is 1. The van der Waals surface area contributed by atoms with Gasteiger partial charge in [-0.25, -0.2) is 0 Å². The van der Waals surface area contributed by atoms with Crippen molar-refractivity contribution in [2.75, 3.05) is 6.54 Å². The van der Waals surface area contributed by atoms with Crippen LogP contribution in [0.15, 0.2) is 24.3 Å². The first-order chi connectivity index (χ1) is 13.0. The Hall–Kier alpha value is -1.55. The number of carbonyl (C=O) groups is 2. The SMILES string of the molecule is CC1(C(=O)NC2CCCCCCC2)CCC(=O)N1CCc1ccc(Cl)cc1.